The number of hydrogen-bond acceptors (Lipinski definition) is 6. The Morgan fingerprint density at radius 3 is 2.58 bits per heavy atom. The van der Waals surface area contributed by atoms with Crippen molar-refractivity contribution in [2.24, 2.45) is 5.84 Å². The maximum Gasteiger partial charge on any atom is 0.416 e. The van der Waals surface area contributed by atoms with Crippen molar-refractivity contribution in [3.05, 3.63) is 53.2 Å². The summed E-state index contributed by atoms with van der Waals surface area (Å²) in [5.74, 6) is 5.02. The third-order valence-electron chi connectivity index (χ3n) is 3.98. The Labute approximate surface area is 146 Å². The van der Waals surface area contributed by atoms with Crippen LogP contribution < -0.4 is 16.2 Å². The molecule has 0 atom stereocenters. The Morgan fingerprint density at radius 1 is 1.23 bits per heavy atom. The van der Waals surface area contributed by atoms with Gasteiger partial charge in [-0.3, -0.25) is 10.2 Å². The standard InChI is InChI=1S/C16H16F3N5O2/c17-16(18,19)12-4-2-1-3-10(12)9-26-11-7-24(8-11)14-6-5-13(22-23-14)15(25)21-20/h1-6,11H,7-9,20H2,(H,21,25). The Kier molecular flexibility index (Phi) is 5.05. The number of alkyl halides is 3. The van der Waals surface area contributed by atoms with Crippen LogP contribution >= 0.6 is 0 Å². The summed E-state index contributed by atoms with van der Waals surface area (Å²) < 4.78 is 44.4. The van der Waals surface area contributed by atoms with E-state index in [1.54, 1.807) is 12.1 Å². The Hall–Kier alpha value is -2.72. The molecule has 0 unspecified atom stereocenters. The number of amides is 1. The zero-order chi connectivity index (χ0) is 18.7. The minimum atomic E-state index is -4.40. The fourth-order valence-corrected chi connectivity index (χ4v) is 2.55. The average Bonchev–Trinajstić information content (AvgIpc) is 2.59. The highest BCUT2D eigenvalue weighted by Gasteiger charge is 2.34. The van der Waals surface area contributed by atoms with E-state index in [-0.39, 0.29) is 24.0 Å². The third kappa shape index (κ3) is 3.92. The van der Waals surface area contributed by atoms with E-state index in [0.717, 1.165) is 6.07 Å². The smallest absolute Gasteiger partial charge is 0.370 e. The van der Waals surface area contributed by atoms with Crippen LogP contribution in [-0.4, -0.2) is 35.3 Å². The molecular formula is C16H16F3N5O2. The zero-order valence-corrected chi connectivity index (χ0v) is 13.5. The van der Waals surface area contributed by atoms with Gasteiger partial charge in [0.05, 0.1) is 18.3 Å². The lowest BCUT2D eigenvalue weighted by Crippen LogP contribution is -2.52. The molecule has 3 N–H and O–H groups in total. The second-order valence-corrected chi connectivity index (χ2v) is 5.74. The van der Waals surface area contributed by atoms with Crippen LogP contribution in [0.1, 0.15) is 21.6 Å². The Morgan fingerprint density at radius 2 is 1.96 bits per heavy atom. The van der Waals surface area contributed by atoms with Gasteiger partial charge in [0, 0.05) is 13.1 Å². The van der Waals surface area contributed by atoms with Gasteiger partial charge in [0.1, 0.15) is 0 Å². The quantitative estimate of drug-likeness (QED) is 0.473. The van der Waals surface area contributed by atoms with Gasteiger partial charge in [-0.25, -0.2) is 5.84 Å². The van der Waals surface area contributed by atoms with E-state index in [9.17, 15) is 18.0 Å². The van der Waals surface area contributed by atoms with E-state index in [4.69, 9.17) is 10.6 Å². The van der Waals surface area contributed by atoms with Gasteiger partial charge in [0.25, 0.3) is 5.91 Å². The summed E-state index contributed by atoms with van der Waals surface area (Å²) in [6, 6.07) is 8.46. The molecule has 1 aliphatic heterocycles. The summed E-state index contributed by atoms with van der Waals surface area (Å²) in [4.78, 5) is 13.1. The van der Waals surface area contributed by atoms with E-state index in [1.807, 2.05) is 10.3 Å². The number of carbonyl (C=O) groups excluding carboxylic acids is 1. The fraction of sp³-hybridized carbons (Fsp3) is 0.312. The van der Waals surface area contributed by atoms with Crippen molar-refractivity contribution in [2.75, 3.05) is 18.0 Å². The number of carbonyl (C=O) groups is 1. The molecule has 10 heteroatoms. The summed E-state index contributed by atoms with van der Waals surface area (Å²) in [7, 11) is 0. The van der Waals surface area contributed by atoms with E-state index >= 15 is 0 Å². The number of rotatable bonds is 5. The largest absolute Gasteiger partial charge is 0.416 e. The van der Waals surface area contributed by atoms with E-state index in [0.29, 0.717) is 18.9 Å². The molecular weight excluding hydrogens is 351 g/mol. The molecule has 1 amide bonds. The molecule has 1 saturated heterocycles. The van der Waals surface area contributed by atoms with Crippen LogP contribution in [-0.2, 0) is 17.5 Å². The molecule has 1 aromatic heterocycles. The molecule has 0 bridgehead atoms. The molecule has 0 radical (unpaired) electrons. The second-order valence-electron chi connectivity index (χ2n) is 5.74. The lowest BCUT2D eigenvalue weighted by atomic mass is 10.1. The van der Waals surface area contributed by atoms with Crippen LogP contribution in [0.25, 0.3) is 0 Å². The molecule has 1 aliphatic rings. The monoisotopic (exact) mass is 367 g/mol. The highest BCUT2D eigenvalue weighted by molar-refractivity contribution is 5.91. The number of anilines is 1. The van der Waals surface area contributed by atoms with Crippen molar-refractivity contribution in [1.29, 1.82) is 0 Å². The SMILES string of the molecule is NNC(=O)c1ccc(N2CC(OCc3ccccc3C(F)(F)F)C2)nn1. The maximum absolute atomic E-state index is 13.0. The molecule has 3 rings (SSSR count). The van der Waals surface area contributed by atoms with Crippen LogP contribution in [0, 0.1) is 0 Å². The molecule has 0 saturated carbocycles. The van der Waals surface area contributed by atoms with Gasteiger partial charge in [0.15, 0.2) is 11.5 Å². The molecule has 7 nitrogen and oxygen atoms in total. The van der Waals surface area contributed by atoms with Crippen LogP contribution in [0.4, 0.5) is 19.0 Å². The first-order valence-corrected chi connectivity index (χ1v) is 7.75. The molecule has 26 heavy (non-hydrogen) atoms. The van der Waals surface area contributed by atoms with Crippen LogP contribution in [0.3, 0.4) is 0 Å². The van der Waals surface area contributed by atoms with Crippen molar-refractivity contribution in [3.8, 4) is 0 Å². The van der Waals surface area contributed by atoms with Gasteiger partial charge in [-0.05, 0) is 23.8 Å². The summed E-state index contributed by atoms with van der Waals surface area (Å²) in [6.45, 7) is 0.839. The number of ether oxygens (including phenoxy) is 1. The van der Waals surface area contributed by atoms with Gasteiger partial charge in [-0.15, -0.1) is 10.2 Å². The first-order chi connectivity index (χ1) is 12.4. The van der Waals surface area contributed by atoms with Crippen LogP contribution in [0.2, 0.25) is 0 Å². The highest BCUT2D eigenvalue weighted by Crippen LogP contribution is 2.32. The predicted octanol–water partition coefficient (Wildman–Crippen LogP) is 1.50. The molecule has 0 aliphatic carbocycles. The number of aromatic nitrogens is 2. The number of nitrogens with one attached hydrogen (secondary N) is 1. The van der Waals surface area contributed by atoms with Gasteiger partial charge in [-0.1, -0.05) is 18.2 Å². The average molecular weight is 367 g/mol. The third-order valence-corrected chi connectivity index (χ3v) is 3.98. The lowest BCUT2D eigenvalue weighted by Gasteiger charge is -2.39. The van der Waals surface area contributed by atoms with Gasteiger partial charge in [-0.2, -0.15) is 13.2 Å². The molecule has 138 valence electrons. The number of nitrogens with zero attached hydrogens (tertiary/aromatic N) is 3. The highest BCUT2D eigenvalue weighted by atomic mass is 19.4. The zero-order valence-electron chi connectivity index (χ0n) is 13.5. The van der Waals surface area contributed by atoms with Gasteiger partial charge in [0.2, 0.25) is 0 Å². The normalized spacial score (nSPS) is 14.8. The summed E-state index contributed by atoms with van der Waals surface area (Å²) in [6.07, 6.45) is -4.61. The lowest BCUT2D eigenvalue weighted by molar-refractivity contribution is -0.139. The maximum atomic E-state index is 13.0. The first-order valence-electron chi connectivity index (χ1n) is 7.75. The number of halogens is 3. The number of hydrogen-bond donors (Lipinski definition) is 2. The molecule has 2 aromatic rings. The predicted molar refractivity (Wildman–Crippen MR) is 85.9 cm³/mol. The van der Waals surface area contributed by atoms with E-state index in [2.05, 4.69) is 10.2 Å². The van der Waals surface area contributed by atoms with Crippen molar-refractivity contribution in [3.63, 3.8) is 0 Å². The minimum Gasteiger partial charge on any atom is -0.370 e. The van der Waals surface area contributed by atoms with Gasteiger partial charge < -0.3 is 9.64 Å². The number of benzene rings is 1. The van der Waals surface area contributed by atoms with Crippen molar-refractivity contribution in [2.45, 2.75) is 18.9 Å². The van der Waals surface area contributed by atoms with Crippen molar-refractivity contribution >= 4 is 11.7 Å². The second kappa shape index (κ2) is 7.26. The van der Waals surface area contributed by atoms with Crippen molar-refractivity contribution in [1.82, 2.24) is 15.6 Å². The summed E-state index contributed by atoms with van der Waals surface area (Å²) >= 11 is 0. The first kappa shape index (κ1) is 18.1. The van der Waals surface area contributed by atoms with E-state index < -0.39 is 17.6 Å². The minimum absolute atomic E-state index is 0.0910. The molecule has 1 fully saturated rings. The number of hydrazine groups is 1. The van der Waals surface area contributed by atoms with Crippen LogP contribution in [0.5, 0.6) is 0 Å². The summed E-state index contributed by atoms with van der Waals surface area (Å²) in [5.41, 5.74) is 1.47. The number of nitrogens with two attached hydrogens (primary N) is 1. The molecule has 0 spiro atoms. The van der Waals surface area contributed by atoms with Crippen molar-refractivity contribution < 1.29 is 22.7 Å². The fourth-order valence-electron chi connectivity index (χ4n) is 2.55. The van der Waals surface area contributed by atoms with Gasteiger partial charge >= 0.3 is 6.18 Å². The van der Waals surface area contributed by atoms with E-state index in [1.165, 1.54) is 18.2 Å². The Balaban J connectivity index is 1.53. The van der Waals surface area contributed by atoms with Crippen LogP contribution in [0.15, 0.2) is 36.4 Å². The topological polar surface area (TPSA) is 93.4 Å². The molecule has 2 heterocycles. The summed E-state index contributed by atoms with van der Waals surface area (Å²) in [5, 5.41) is 7.68. The Bertz CT molecular complexity index is 776. The number of nitrogen functional groups attached to an aromatic ring is 1. The molecule has 1 aromatic carbocycles.